The highest BCUT2D eigenvalue weighted by Crippen LogP contribution is 2.25. The lowest BCUT2D eigenvalue weighted by Crippen LogP contribution is -2.49. The Labute approximate surface area is 263 Å². The molecular weight excluding hydrogens is 622 g/mol. The van der Waals surface area contributed by atoms with Gasteiger partial charge < -0.3 is 25.3 Å². The number of carboxylic acid groups (broad SMARTS) is 1. The summed E-state index contributed by atoms with van der Waals surface area (Å²) < 4.78 is 60.3. The number of fused-ring (bicyclic) bond motifs is 2. The van der Waals surface area contributed by atoms with Crippen LogP contribution >= 0.6 is 0 Å². The number of pyridine rings is 1. The van der Waals surface area contributed by atoms with Crippen molar-refractivity contribution in [3.63, 3.8) is 0 Å². The lowest BCUT2D eigenvalue weighted by atomic mass is 10.0. The molecule has 12 nitrogen and oxygen atoms in total. The van der Waals surface area contributed by atoms with Gasteiger partial charge in [0.1, 0.15) is 17.4 Å². The fourth-order valence-corrected chi connectivity index (χ4v) is 7.61. The quantitative estimate of drug-likeness (QED) is 0.173. The molecule has 15 heteroatoms. The summed E-state index contributed by atoms with van der Waals surface area (Å²) in [4.78, 5) is 45.7. The third-order valence-electron chi connectivity index (χ3n) is 8.02. The van der Waals surface area contributed by atoms with Crippen LogP contribution in [0.2, 0.25) is 0 Å². The number of sulfonamides is 1. The Morgan fingerprint density at radius 1 is 1.11 bits per heavy atom. The monoisotopic (exact) mass is 656 g/mol. The van der Waals surface area contributed by atoms with Crippen molar-refractivity contribution in [2.45, 2.75) is 63.9 Å². The van der Waals surface area contributed by atoms with Gasteiger partial charge in [0.2, 0.25) is 21.4 Å². The van der Waals surface area contributed by atoms with E-state index in [2.05, 4.69) is 25.3 Å². The number of imidazole rings is 1. The van der Waals surface area contributed by atoms with Crippen LogP contribution in [0.5, 0.6) is 0 Å². The topological polar surface area (TPSA) is 175 Å². The molecule has 0 radical (unpaired) electrons. The van der Waals surface area contributed by atoms with Crippen LogP contribution in [0.4, 0.5) is 14.7 Å². The first-order chi connectivity index (χ1) is 21.7. The van der Waals surface area contributed by atoms with Crippen LogP contribution in [0.3, 0.4) is 0 Å². The number of aromatic amines is 1. The van der Waals surface area contributed by atoms with Crippen LogP contribution in [0.1, 0.15) is 56.8 Å². The van der Waals surface area contributed by atoms with Crippen molar-refractivity contribution in [2.24, 2.45) is 7.05 Å². The van der Waals surface area contributed by atoms with E-state index in [1.807, 2.05) is 0 Å². The van der Waals surface area contributed by atoms with Gasteiger partial charge in [0.25, 0.3) is 5.91 Å². The third-order valence-corrected chi connectivity index (χ3v) is 9.80. The predicted octanol–water partition coefficient (Wildman–Crippen LogP) is 3.12. The van der Waals surface area contributed by atoms with Crippen molar-refractivity contribution < 1.29 is 31.9 Å². The van der Waals surface area contributed by atoms with Crippen molar-refractivity contribution in [2.75, 3.05) is 11.9 Å². The normalized spacial score (nSPS) is 13.8. The highest BCUT2D eigenvalue weighted by atomic mass is 32.2. The molecule has 244 valence electrons. The number of H-pyrrole nitrogens is 1. The number of nitrogens with zero attached hydrogens (tertiary/aromatic N) is 2. The van der Waals surface area contributed by atoms with Gasteiger partial charge >= 0.3 is 5.97 Å². The first kappa shape index (κ1) is 32.8. The Bertz CT molecular complexity index is 2010. The molecule has 1 atom stereocenters. The molecule has 1 unspecified atom stereocenters. The molecule has 4 aromatic rings. The summed E-state index contributed by atoms with van der Waals surface area (Å²) in [5, 5.41) is 14.5. The number of benzene rings is 2. The minimum atomic E-state index is -4.32. The number of carbonyl (C=O) groups is 2. The van der Waals surface area contributed by atoms with E-state index in [1.165, 1.54) is 7.05 Å². The number of rotatable bonds is 10. The Morgan fingerprint density at radius 3 is 2.43 bits per heavy atom. The smallest absolute Gasteiger partial charge is 0.323 e. The number of carbonyl (C=O) groups excluding carboxylic acids is 1. The van der Waals surface area contributed by atoms with Gasteiger partial charge in [-0.2, -0.15) is 4.72 Å². The van der Waals surface area contributed by atoms with Crippen LogP contribution in [0.25, 0.3) is 10.9 Å². The number of amides is 1. The molecule has 0 spiro atoms. The summed E-state index contributed by atoms with van der Waals surface area (Å²) in [5.74, 6) is -4.24. The first-order valence-electron chi connectivity index (χ1n) is 14.6. The molecule has 46 heavy (non-hydrogen) atoms. The maximum absolute atomic E-state index is 15.7. The van der Waals surface area contributed by atoms with Crippen molar-refractivity contribution in [1.29, 1.82) is 0 Å². The zero-order valence-corrected chi connectivity index (χ0v) is 26.5. The van der Waals surface area contributed by atoms with Gasteiger partial charge in [-0.15, -0.1) is 0 Å². The van der Waals surface area contributed by atoms with E-state index in [0.717, 1.165) is 59.5 Å². The standard InChI is InChI=1S/C31H34F2N6O6S/c1-15-9-16(2)28(17(3)10-15)46(44,45)38-24(30(42)43)13-34-29(41)20-14-39(4)26-18(27(20)40)11-21(32)19(25(26)33)12-35-31-36-22-7-5-6-8-23(22)37-31/h9-11,14,24,38H,5-8,12-13H2,1-4H3,(H,34,41)(H,42,43)(H2,35,36,37). The van der Waals surface area contributed by atoms with Gasteiger partial charge in [-0.05, 0) is 63.6 Å². The van der Waals surface area contributed by atoms with Gasteiger partial charge in [-0.1, -0.05) is 17.7 Å². The summed E-state index contributed by atoms with van der Waals surface area (Å²) in [6.45, 7) is 3.98. The van der Waals surface area contributed by atoms with Gasteiger partial charge in [0.05, 0.1) is 21.5 Å². The summed E-state index contributed by atoms with van der Waals surface area (Å²) in [7, 11) is -2.95. The Balaban J connectivity index is 1.36. The van der Waals surface area contributed by atoms with E-state index in [4.69, 9.17) is 0 Å². The van der Waals surface area contributed by atoms with Crippen molar-refractivity contribution in [1.82, 2.24) is 24.6 Å². The number of aromatic nitrogens is 3. The highest BCUT2D eigenvalue weighted by Gasteiger charge is 2.29. The van der Waals surface area contributed by atoms with Gasteiger partial charge in [0, 0.05) is 37.6 Å². The van der Waals surface area contributed by atoms with E-state index in [-0.39, 0.29) is 22.5 Å². The largest absolute Gasteiger partial charge is 0.480 e. The summed E-state index contributed by atoms with van der Waals surface area (Å²) in [6.07, 6.45) is 4.77. The van der Waals surface area contributed by atoms with Crippen LogP contribution in [-0.2, 0) is 41.3 Å². The summed E-state index contributed by atoms with van der Waals surface area (Å²) in [5.41, 5.74) is 1.50. The highest BCUT2D eigenvalue weighted by molar-refractivity contribution is 7.89. The second-order valence-corrected chi connectivity index (χ2v) is 13.2. The zero-order valence-electron chi connectivity index (χ0n) is 25.7. The number of hydrogen-bond acceptors (Lipinski definition) is 7. The Kier molecular flexibility index (Phi) is 9.00. The lowest BCUT2D eigenvalue weighted by molar-refractivity contribution is -0.138. The van der Waals surface area contributed by atoms with Gasteiger partial charge in [-0.25, -0.2) is 22.2 Å². The van der Waals surface area contributed by atoms with E-state index in [1.54, 1.807) is 32.9 Å². The molecule has 5 rings (SSSR count). The van der Waals surface area contributed by atoms with Crippen LogP contribution in [0.15, 0.2) is 34.1 Å². The Morgan fingerprint density at radius 2 is 1.78 bits per heavy atom. The number of anilines is 1. The van der Waals surface area contributed by atoms with Crippen LogP contribution < -0.4 is 20.8 Å². The third kappa shape index (κ3) is 6.37. The summed E-state index contributed by atoms with van der Waals surface area (Å²) >= 11 is 0. The van der Waals surface area contributed by atoms with Gasteiger partial charge in [0.15, 0.2) is 5.82 Å². The molecule has 0 fully saturated rings. The molecule has 0 saturated carbocycles. The first-order valence-corrected chi connectivity index (χ1v) is 16.1. The van der Waals surface area contributed by atoms with Crippen molar-refractivity contribution in [3.8, 4) is 0 Å². The van der Waals surface area contributed by atoms with Crippen LogP contribution in [-0.4, -0.2) is 52.5 Å². The SMILES string of the molecule is Cc1cc(C)c(S(=O)(=O)NC(CNC(=O)c2cn(C)c3c(F)c(CNc4nc5c([nH]4)CCCC5)c(F)cc3c2=O)C(=O)O)c(C)c1. The average molecular weight is 657 g/mol. The number of carboxylic acids is 1. The lowest BCUT2D eigenvalue weighted by Gasteiger charge is -2.18. The fraction of sp³-hybridized carbons (Fsp3) is 0.355. The minimum Gasteiger partial charge on any atom is -0.480 e. The van der Waals surface area contributed by atoms with Crippen molar-refractivity contribution >= 4 is 38.8 Å². The van der Waals surface area contributed by atoms with E-state index in [0.29, 0.717) is 17.1 Å². The maximum Gasteiger partial charge on any atom is 0.323 e. The average Bonchev–Trinajstić information content (AvgIpc) is 3.38. The molecule has 0 saturated heterocycles. The van der Waals surface area contributed by atoms with E-state index >= 15 is 8.78 Å². The molecule has 2 aromatic carbocycles. The molecule has 1 amide bonds. The molecule has 0 aliphatic heterocycles. The second-order valence-electron chi connectivity index (χ2n) is 11.6. The molecule has 1 aliphatic carbocycles. The Hall–Kier alpha value is -4.63. The van der Waals surface area contributed by atoms with E-state index < -0.39 is 62.5 Å². The molecule has 2 heterocycles. The van der Waals surface area contributed by atoms with Gasteiger partial charge in [-0.3, -0.25) is 14.4 Å². The summed E-state index contributed by atoms with van der Waals surface area (Å²) in [6, 6.07) is 2.35. The molecular formula is C31H34F2N6O6S. The minimum absolute atomic E-state index is 0.0824. The predicted molar refractivity (Wildman–Crippen MR) is 166 cm³/mol. The number of halogens is 2. The fourth-order valence-electron chi connectivity index (χ4n) is 5.97. The second kappa shape index (κ2) is 12.6. The number of aliphatic carboxylic acids is 1. The molecule has 5 N–H and O–H groups in total. The maximum atomic E-state index is 15.7. The van der Waals surface area contributed by atoms with E-state index in [9.17, 15) is 27.9 Å². The molecule has 2 aromatic heterocycles. The molecule has 0 bridgehead atoms. The molecule has 1 aliphatic rings. The zero-order chi connectivity index (χ0) is 33.5. The van der Waals surface area contributed by atoms with Crippen LogP contribution in [0, 0.1) is 32.4 Å². The number of nitrogens with one attached hydrogen (secondary N) is 4. The number of aryl methyl sites for hydroxylation is 6. The van der Waals surface area contributed by atoms with Crippen molar-refractivity contribution in [3.05, 3.63) is 85.5 Å². The number of hydrogen-bond donors (Lipinski definition) is 5.